The highest BCUT2D eigenvalue weighted by Gasteiger charge is 2.20. The topological polar surface area (TPSA) is 73.2 Å². The van der Waals surface area contributed by atoms with Crippen molar-refractivity contribution < 1.29 is 14.7 Å². The Balaban J connectivity index is 4.21. The molecular formula is C9H17N3O3. The van der Waals surface area contributed by atoms with Crippen LogP contribution in [0.3, 0.4) is 0 Å². The van der Waals surface area contributed by atoms with Crippen molar-refractivity contribution in [1.29, 1.82) is 0 Å². The van der Waals surface area contributed by atoms with Gasteiger partial charge in [-0.3, -0.25) is 9.69 Å². The standard InChI is InChI=1S/C9H17N3O3/c1-7(12(4)9(14)15)8(13)10-5-6-11(2)3/h5,7H,6H2,1-4H3,(H,14,15)/b10-5+. The first-order valence-corrected chi connectivity index (χ1v) is 4.53. The van der Waals surface area contributed by atoms with Gasteiger partial charge in [0.25, 0.3) is 5.91 Å². The minimum atomic E-state index is -1.14. The molecule has 1 atom stereocenters. The van der Waals surface area contributed by atoms with Gasteiger partial charge in [0.1, 0.15) is 6.04 Å². The van der Waals surface area contributed by atoms with Gasteiger partial charge in [0.2, 0.25) is 0 Å². The van der Waals surface area contributed by atoms with Gasteiger partial charge in [0, 0.05) is 19.8 Å². The molecule has 2 amide bonds. The second kappa shape index (κ2) is 6.13. The molecule has 0 aliphatic carbocycles. The molecule has 86 valence electrons. The fourth-order valence-electron chi connectivity index (χ4n) is 0.733. The number of rotatable bonds is 4. The van der Waals surface area contributed by atoms with Crippen LogP contribution in [0.25, 0.3) is 0 Å². The number of carboxylic acid groups (broad SMARTS) is 1. The van der Waals surface area contributed by atoms with Crippen LogP contribution in [0.4, 0.5) is 4.79 Å². The molecule has 15 heavy (non-hydrogen) atoms. The molecule has 0 aromatic carbocycles. The summed E-state index contributed by atoms with van der Waals surface area (Å²) in [5.41, 5.74) is 0. The van der Waals surface area contributed by atoms with E-state index in [0.29, 0.717) is 6.54 Å². The molecule has 0 bridgehead atoms. The summed E-state index contributed by atoms with van der Waals surface area (Å²) in [5.74, 6) is -0.457. The third-order valence-electron chi connectivity index (χ3n) is 1.91. The molecule has 6 heteroatoms. The zero-order chi connectivity index (χ0) is 12.0. The van der Waals surface area contributed by atoms with E-state index < -0.39 is 18.0 Å². The normalized spacial score (nSPS) is 13.1. The van der Waals surface area contributed by atoms with E-state index >= 15 is 0 Å². The fourth-order valence-corrected chi connectivity index (χ4v) is 0.733. The quantitative estimate of drug-likeness (QED) is 0.677. The SMILES string of the molecule is CC(C(=O)/N=C/CN(C)C)N(C)C(=O)O. The van der Waals surface area contributed by atoms with E-state index in [4.69, 9.17) is 5.11 Å². The van der Waals surface area contributed by atoms with Crippen LogP contribution >= 0.6 is 0 Å². The van der Waals surface area contributed by atoms with Crippen LogP contribution in [0.5, 0.6) is 0 Å². The van der Waals surface area contributed by atoms with Gasteiger partial charge in [-0.15, -0.1) is 0 Å². The minimum Gasteiger partial charge on any atom is -0.465 e. The van der Waals surface area contributed by atoms with E-state index in [1.165, 1.54) is 20.2 Å². The molecule has 0 spiro atoms. The Morgan fingerprint density at radius 2 is 1.93 bits per heavy atom. The van der Waals surface area contributed by atoms with E-state index in [-0.39, 0.29) is 0 Å². The molecule has 0 saturated heterocycles. The molecule has 0 aliphatic heterocycles. The third-order valence-corrected chi connectivity index (χ3v) is 1.91. The molecule has 6 nitrogen and oxygen atoms in total. The van der Waals surface area contributed by atoms with Crippen LogP contribution in [0.2, 0.25) is 0 Å². The maximum absolute atomic E-state index is 11.3. The van der Waals surface area contributed by atoms with Crippen LogP contribution in [0.15, 0.2) is 4.99 Å². The summed E-state index contributed by atoms with van der Waals surface area (Å²) in [5, 5.41) is 8.63. The molecule has 0 fully saturated rings. The van der Waals surface area contributed by atoms with Crippen molar-refractivity contribution in [1.82, 2.24) is 9.80 Å². The van der Waals surface area contributed by atoms with E-state index in [1.54, 1.807) is 0 Å². The summed E-state index contributed by atoms with van der Waals surface area (Å²) < 4.78 is 0. The van der Waals surface area contributed by atoms with E-state index in [9.17, 15) is 9.59 Å². The first-order valence-electron chi connectivity index (χ1n) is 4.53. The van der Waals surface area contributed by atoms with Gasteiger partial charge >= 0.3 is 6.09 Å². The number of amides is 2. The van der Waals surface area contributed by atoms with Crippen molar-refractivity contribution in [2.24, 2.45) is 4.99 Å². The Hall–Kier alpha value is -1.43. The van der Waals surface area contributed by atoms with Crippen LogP contribution < -0.4 is 0 Å². The average Bonchev–Trinajstić information content (AvgIpc) is 2.14. The highest BCUT2D eigenvalue weighted by Crippen LogP contribution is 1.98. The molecule has 0 aliphatic rings. The van der Waals surface area contributed by atoms with Crippen molar-refractivity contribution in [2.75, 3.05) is 27.7 Å². The van der Waals surface area contributed by atoms with Gasteiger partial charge in [-0.2, -0.15) is 0 Å². The van der Waals surface area contributed by atoms with Crippen LogP contribution in [0, 0.1) is 0 Å². The van der Waals surface area contributed by atoms with Gasteiger partial charge in [0.05, 0.1) is 0 Å². The summed E-state index contributed by atoms with van der Waals surface area (Å²) in [4.78, 5) is 28.3. The van der Waals surface area contributed by atoms with Crippen molar-refractivity contribution in [2.45, 2.75) is 13.0 Å². The number of nitrogens with zero attached hydrogens (tertiary/aromatic N) is 3. The predicted octanol–water partition coefficient (Wildman–Crippen LogP) is 0.144. The number of carbonyl (C=O) groups is 2. The maximum atomic E-state index is 11.3. The number of aliphatic imine (C=N–C) groups is 1. The van der Waals surface area contributed by atoms with Crippen molar-refractivity contribution in [3.8, 4) is 0 Å². The maximum Gasteiger partial charge on any atom is 0.407 e. The lowest BCUT2D eigenvalue weighted by atomic mass is 10.3. The molecule has 1 N–H and O–H groups in total. The smallest absolute Gasteiger partial charge is 0.407 e. The van der Waals surface area contributed by atoms with Gasteiger partial charge in [-0.05, 0) is 21.0 Å². The van der Waals surface area contributed by atoms with Crippen molar-refractivity contribution in [3.63, 3.8) is 0 Å². The summed E-state index contributed by atoms with van der Waals surface area (Å²) in [6.07, 6.45) is 0.327. The second-order valence-electron chi connectivity index (χ2n) is 3.48. The van der Waals surface area contributed by atoms with Gasteiger partial charge in [-0.1, -0.05) is 0 Å². The first-order chi connectivity index (χ1) is 6.86. The minimum absolute atomic E-state index is 0.457. The lowest BCUT2D eigenvalue weighted by molar-refractivity contribution is -0.121. The van der Waals surface area contributed by atoms with E-state index in [1.807, 2.05) is 19.0 Å². The van der Waals surface area contributed by atoms with Gasteiger partial charge < -0.3 is 10.0 Å². The highest BCUT2D eigenvalue weighted by molar-refractivity contribution is 5.90. The molecule has 0 aromatic rings. The molecule has 0 radical (unpaired) electrons. The predicted molar refractivity (Wildman–Crippen MR) is 57.3 cm³/mol. The Morgan fingerprint density at radius 1 is 1.40 bits per heavy atom. The number of hydrogen-bond acceptors (Lipinski definition) is 3. The summed E-state index contributed by atoms with van der Waals surface area (Å²) in [6.45, 7) is 2.05. The Morgan fingerprint density at radius 3 is 2.33 bits per heavy atom. The highest BCUT2D eigenvalue weighted by atomic mass is 16.4. The monoisotopic (exact) mass is 215 g/mol. The average molecular weight is 215 g/mol. The first kappa shape index (κ1) is 13.6. The zero-order valence-electron chi connectivity index (χ0n) is 9.47. The summed E-state index contributed by atoms with van der Waals surface area (Å²) in [7, 11) is 5.04. The lowest BCUT2D eigenvalue weighted by Crippen LogP contribution is -2.38. The third kappa shape index (κ3) is 5.11. The number of hydrogen-bond donors (Lipinski definition) is 1. The Bertz CT molecular complexity index is 263. The second-order valence-corrected chi connectivity index (χ2v) is 3.48. The zero-order valence-corrected chi connectivity index (χ0v) is 9.47. The van der Waals surface area contributed by atoms with Crippen LogP contribution in [0.1, 0.15) is 6.92 Å². The van der Waals surface area contributed by atoms with Crippen molar-refractivity contribution in [3.05, 3.63) is 0 Å². The van der Waals surface area contributed by atoms with E-state index in [2.05, 4.69) is 4.99 Å². The lowest BCUT2D eigenvalue weighted by Gasteiger charge is -2.18. The largest absolute Gasteiger partial charge is 0.465 e. The molecule has 0 saturated carbocycles. The fraction of sp³-hybridized carbons (Fsp3) is 0.667. The molecule has 0 heterocycles. The molecule has 0 rings (SSSR count). The van der Waals surface area contributed by atoms with Crippen LogP contribution in [-0.2, 0) is 4.79 Å². The molecular weight excluding hydrogens is 198 g/mol. The summed E-state index contributed by atoms with van der Waals surface area (Å²) in [6, 6.07) is -0.749. The van der Waals surface area contributed by atoms with Crippen LogP contribution in [-0.4, -0.2) is 66.9 Å². The molecule has 0 aromatic heterocycles. The van der Waals surface area contributed by atoms with Crippen molar-refractivity contribution >= 4 is 18.2 Å². The van der Waals surface area contributed by atoms with Gasteiger partial charge in [-0.25, -0.2) is 9.79 Å². The molecule has 1 unspecified atom stereocenters. The summed E-state index contributed by atoms with van der Waals surface area (Å²) >= 11 is 0. The van der Waals surface area contributed by atoms with Gasteiger partial charge in [0.15, 0.2) is 0 Å². The number of carbonyl (C=O) groups excluding carboxylic acids is 1. The Labute approximate surface area is 89.2 Å². The Kier molecular flexibility index (Phi) is 5.54. The van der Waals surface area contributed by atoms with E-state index in [0.717, 1.165) is 4.90 Å². The number of likely N-dealkylation sites (N-methyl/N-ethyl adjacent to an activating group) is 1.